The molecule has 0 aromatic carbocycles. The number of carbonyl (C=O) groups excluding carboxylic acids is 2. The lowest BCUT2D eigenvalue weighted by molar-refractivity contribution is -0.140. The molecule has 2 heterocycles. The molecular weight excluding hydrogens is 488 g/mol. The van der Waals surface area contributed by atoms with Crippen LogP contribution in [0.5, 0.6) is 5.88 Å². The van der Waals surface area contributed by atoms with Crippen molar-refractivity contribution in [1.82, 2.24) is 9.47 Å². The number of carbonyl (C=O) groups is 2. The third kappa shape index (κ3) is 6.86. The fourth-order valence-corrected chi connectivity index (χ4v) is 3.99. The summed E-state index contributed by atoms with van der Waals surface area (Å²) < 4.78 is 11.9. The van der Waals surface area contributed by atoms with Crippen LogP contribution < -0.4 is 5.56 Å². The number of ether oxygens (including phenoxy) is 2. The van der Waals surface area contributed by atoms with Crippen LogP contribution in [-0.2, 0) is 25.6 Å². The van der Waals surface area contributed by atoms with Crippen LogP contribution in [0.15, 0.2) is 33.7 Å². The normalized spacial score (nSPS) is 15.2. The van der Waals surface area contributed by atoms with Gasteiger partial charge >= 0.3 is 0 Å². The summed E-state index contributed by atoms with van der Waals surface area (Å²) in [4.78, 5) is 39.6. The lowest BCUT2D eigenvalue weighted by atomic mass is 9.94. The van der Waals surface area contributed by atoms with Crippen molar-refractivity contribution in [3.63, 3.8) is 0 Å². The smallest absolute Gasteiger partial charge is 0.271 e. The third-order valence-electron chi connectivity index (χ3n) is 6.05. The standard InChI is InChI=1S/C28H34N4O6/c1-6-37-14-8-12-31-25(33)21(19(4)23(16-29)27(31)35)10-7-11-22-20(5)24(17-30)28(36)32(26(22)34)13-9-15-38-18(2)3/h7,10-11,18,33H,6,8-9,12-15H2,1-5H3/b10-7+,22-11-. The summed E-state index contributed by atoms with van der Waals surface area (Å²) in [6.45, 7) is 10.2. The average Bonchev–Trinajstić information content (AvgIpc) is 2.87. The topological polar surface area (TPSA) is 146 Å². The molecule has 0 atom stereocenters. The second kappa shape index (κ2) is 14.1. The Morgan fingerprint density at radius 3 is 2.32 bits per heavy atom. The van der Waals surface area contributed by atoms with Crippen molar-refractivity contribution in [3.05, 3.63) is 55.9 Å². The van der Waals surface area contributed by atoms with E-state index in [1.54, 1.807) is 6.92 Å². The number of hydrogen-bond donors (Lipinski definition) is 1. The molecule has 10 heteroatoms. The summed E-state index contributed by atoms with van der Waals surface area (Å²) in [5, 5.41) is 29.9. The van der Waals surface area contributed by atoms with E-state index in [2.05, 4.69) is 0 Å². The Morgan fingerprint density at radius 1 is 1.03 bits per heavy atom. The summed E-state index contributed by atoms with van der Waals surface area (Å²) in [6, 6.07) is 3.80. The number of rotatable bonds is 12. The van der Waals surface area contributed by atoms with E-state index in [1.807, 2.05) is 32.9 Å². The van der Waals surface area contributed by atoms with Crippen molar-refractivity contribution in [2.75, 3.05) is 26.4 Å². The molecule has 2 rings (SSSR count). The molecule has 0 bridgehead atoms. The highest BCUT2D eigenvalue weighted by molar-refractivity contribution is 6.18. The average molecular weight is 523 g/mol. The first-order chi connectivity index (χ1) is 18.1. The van der Waals surface area contributed by atoms with Crippen LogP contribution in [0.25, 0.3) is 6.08 Å². The van der Waals surface area contributed by atoms with Crippen molar-refractivity contribution in [3.8, 4) is 18.0 Å². The predicted molar refractivity (Wildman–Crippen MR) is 141 cm³/mol. The maximum absolute atomic E-state index is 13.2. The van der Waals surface area contributed by atoms with Gasteiger partial charge < -0.3 is 14.6 Å². The largest absolute Gasteiger partial charge is 0.494 e. The van der Waals surface area contributed by atoms with E-state index < -0.39 is 17.4 Å². The second-order valence-corrected chi connectivity index (χ2v) is 8.94. The Morgan fingerprint density at radius 2 is 1.71 bits per heavy atom. The zero-order valence-electron chi connectivity index (χ0n) is 22.5. The number of allylic oxidation sites excluding steroid dienone is 2. The van der Waals surface area contributed by atoms with Gasteiger partial charge in [-0.15, -0.1) is 0 Å². The fraction of sp³-hybridized carbons (Fsp3) is 0.464. The number of aromatic nitrogens is 1. The zero-order chi connectivity index (χ0) is 28.4. The monoisotopic (exact) mass is 522 g/mol. The van der Waals surface area contributed by atoms with Crippen LogP contribution in [0.1, 0.15) is 57.2 Å². The number of pyridine rings is 1. The van der Waals surface area contributed by atoms with Gasteiger partial charge in [0.2, 0.25) is 5.88 Å². The minimum Gasteiger partial charge on any atom is -0.494 e. The Labute approximate surface area is 222 Å². The van der Waals surface area contributed by atoms with Gasteiger partial charge in [-0.1, -0.05) is 6.08 Å². The van der Waals surface area contributed by atoms with E-state index in [0.29, 0.717) is 38.2 Å². The molecule has 1 aliphatic heterocycles. The van der Waals surface area contributed by atoms with Crippen LogP contribution in [0.2, 0.25) is 0 Å². The quantitative estimate of drug-likeness (QED) is 0.250. The first-order valence-electron chi connectivity index (χ1n) is 12.5. The van der Waals surface area contributed by atoms with Crippen LogP contribution >= 0.6 is 0 Å². The van der Waals surface area contributed by atoms with E-state index in [9.17, 15) is 30.0 Å². The van der Waals surface area contributed by atoms with Gasteiger partial charge in [-0.05, 0) is 70.7 Å². The maximum atomic E-state index is 13.2. The molecule has 38 heavy (non-hydrogen) atoms. The van der Waals surface area contributed by atoms with Crippen LogP contribution in [0, 0.1) is 29.6 Å². The van der Waals surface area contributed by atoms with Gasteiger partial charge in [0, 0.05) is 44.0 Å². The molecule has 0 saturated heterocycles. The maximum Gasteiger partial charge on any atom is 0.271 e. The summed E-state index contributed by atoms with van der Waals surface area (Å²) in [6.07, 6.45) is 5.32. The van der Waals surface area contributed by atoms with Gasteiger partial charge in [-0.25, -0.2) is 0 Å². The van der Waals surface area contributed by atoms with Crippen molar-refractivity contribution < 1.29 is 24.2 Å². The van der Waals surface area contributed by atoms with Gasteiger partial charge in [0.05, 0.1) is 6.10 Å². The number of nitriles is 2. The lowest BCUT2D eigenvalue weighted by Crippen LogP contribution is -2.43. The Hall–Kier alpha value is -3.99. The second-order valence-electron chi connectivity index (χ2n) is 8.94. The third-order valence-corrected chi connectivity index (χ3v) is 6.05. The van der Waals surface area contributed by atoms with Crippen LogP contribution in [0.3, 0.4) is 0 Å². The molecule has 2 amide bonds. The van der Waals surface area contributed by atoms with E-state index in [0.717, 1.165) is 9.47 Å². The predicted octanol–water partition coefficient (Wildman–Crippen LogP) is 3.12. The Bertz CT molecular complexity index is 1300. The highest BCUT2D eigenvalue weighted by Crippen LogP contribution is 2.27. The van der Waals surface area contributed by atoms with Crippen molar-refractivity contribution in [1.29, 1.82) is 10.5 Å². The molecule has 0 fully saturated rings. The number of hydrogen-bond acceptors (Lipinski definition) is 8. The van der Waals surface area contributed by atoms with Gasteiger partial charge in [-0.3, -0.25) is 23.9 Å². The van der Waals surface area contributed by atoms with E-state index in [4.69, 9.17) is 9.47 Å². The molecule has 0 spiro atoms. The number of amides is 2. The number of imide groups is 1. The fourth-order valence-electron chi connectivity index (χ4n) is 3.99. The lowest BCUT2D eigenvalue weighted by Gasteiger charge is -2.27. The first kappa shape index (κ1) is 30.2. The highest BCUT2D eigenvalue weighted by Gasteiger charge is 2.34. The molecule has 1 aromatic heterocycles. The Balaban J connectivity index is 2.44. The summed E-state index contributed by atoms with van der Waals surface area (Å²) in [5.74, 6) is -1.49. The van der Waals surface area contributed by atoms with Gasteiger partial charge in [0.1, 0.15) is 23.3 Å². The molecule has 0 unspecified atom stereocenters. The van der Waals surface area contributed by atoms with E-state index >= 15 is 0 Å². The molecule has 0 aliphatic carbocycles. The van der Waals surface area contributed by atoms with Crippen molar-refractivity contribution in [2.24, 2.45) is 0 Å². The van der Waals surface area contributed by atoms with Crippen LogP contribution in [0.4, 0.5) is 0 Å². The minimum absolute atomic E-state index is 0.0145. The zero-order valence-corrected chi connectivity index (χ0v) is 22.5. The van der Waals surface area contributed by atoms with Crippen molar-refractivity contribution >= 4 is 17.9 Å². The van der Waals surface area contributed by atoms with E-state index in [-0.39, 0.29) is 52.9 Å². The molecule has 1 N–H and O–H groups in total. The van der Waals surface area contributed by atoms with Crippen molar-refractivity contribution in [2.45, 2.75) is 60.1 Å². The van der Waals surface area contributed by atoms with E-state index in [1.165, 1.54) is 25.2 Å². The summed E-state index contributed by atoms with van der Waals surface area (Å²) >= 11 is 0. The molecule has 1 aliphatic rings. The molecule has 10 nitrogen and oxygen atoms in total. The van der Waals surface area contributed by atoms with Gasteiger partial charge in [-0.2, -0.15) is 10.5 Å². The number of nitrogens with zero attached hydrogens (tertiary/aromatic N) is 4. The molecule has 1 aromatic rings. The molecule has 0 saturated carbocycles. The molecule has 0 radical (unpaired) electrons. The minimum atomic E-state index is -0.646. The highest BCUT2D eigenvalue weighted by atomic mass is 16.5. The summed E-state index contributed by atoms with van der Waals surface area (Å²) in [5.41, 5.74) is 0.147. The molecule has 202 valence electrons. The SMILES string of the molecule is CCOCCCn1c(O)c(/C=C/C=C2\C(=O)N(CCCOC(C)C)C(=O)C(C#N)=C2C)c(C)c(C#N)c1=O. The van der Waals surface area contributed by atoms with Gasteiger partial charge in [0.15, 0.2) is 0 Å². The van der Waals surface area contributed by atoms with Crippen LogP contribution in [-0.4, -0.2) is 58.9 Å². The first-order valence-corrected chi connectivity index (χ1v) is 12.5. The Kier molecular flexibility index (Phi) is 11.2. The summed E-state index contributed by atoms with van der Waals surface area (Å²) in [7, 11) is 0. The van der Waals surface area contributed by atoms with Gasteiger partial charge in [0.25, 0.3) is 17.4 Å². The number of aromatic hydroxyl groups is 1. The molecular formula is C28H34N4O6.